The van der Waals surface area contributed by atoms with E-state index >= 15 is 0 Å². The minimum Gasteiger partial charge on any atom is -0.508 e. The molecule has 0 atom stereocenters. The summed E-state index contributed by atoms with van der Waals surface area (Å²) < 4.78 is 0. The Balaban J connectivity index is 0.000000186. The summed E-state index contributed by atoms with van der Waals surface area (Å²) in [5.74, 6) is 1.96. The first-order valence-electron chi connectivity index (χ1n) is 12.0. The molecule has 0 aliphatic rings. The van der Waals surface area contributed by atoms with E-state index in [0.29, 0.717) is 29.1 Å². The number of aryl methyl sites for hydroxylation is 2. The summed E-state index contributed by atoms with van der Waals surface area (Å²) in [7, 11) is 0. The Morgan fingerprint density at radius 3 is 1.31 bits per heavy atom. The molecule has 3 heteroatoms. The lowest BCUT2D eigenvalue weighted by Crippen LogP contribution is -1.87. The van der Waals surface area contributed by atoms with Gasteiger partial charge in [0.2, 0.25) is 0 Å². The van der Waals surface area contributed by atoms with Gasteiger partial charge in [-0.2, -0.15) is 0 Å². The Bertz CT molecular complexity index is 1140. The van der Waals surface area contributed by atoms with Crippen molar-refractivity contribution >= 4 is 0 Å². The van der Waals surface area contributed by atoms with Crippen molar-refractivity contribution in [1.29, 1.82) is 0 Å². The fraction of sp³-hybridized carbons (Fsp3) is 0.250. The summed E-state index contributed by atoms with van der Waals surface area (Å²) in [6, 6.07) is 28.8. The number of benzene rings is 4. The van der Waals surface area contributed by atoms with Gasteiger partial charge in [0.05, 0.1) is 0 Å². The van der Waals surface area contributed by atoms with E-state index in [2.05, 4.69) is 27.7 Å². The summed E-state index contributed by atoms with van der Waals surface area (Å²) in [4.78, 5) is 0. The van der Waals surface area contributed by atoms with Gasteiger partial charge in [0.25, 0.3) is 0 Å². The maximum absolute atomic E-state index is 9.56. The van der Waals surface area contributed by atoms with E-state index in [1.807, 2.05) is 86.6 Å². The summed E-state index contributed by atoms with van der Waals surface area (Å²) in [5, 5.41) is 28.5. The third-order valence-corrected chi connectivity index (χ3v) is 5.60. The van der Waals surface area contributed by atoms with E-state index in [-0.39, 0.29) is 0 Å². The fourth-order valence-corrected chi connectivity index (χ4v) is 3.62. The van der Waals surface area contributed by atoms with Crippen LogP contribution in [0.25, 0.3) is 11.1 Å². The first-order chi connectivity index (χ1) is 16.6. The number of hydrogen-bond acceptors (Lipinski definition) is 3. The van der Waals surface area contributed by atoms with E-state index in [9.17, 15) is 15.3 Å². The first-order valence-corrected chi connectivity index (χ1v) is 12.0. The smallest absolute Gasteiger partial charge is 0.123 e. The molecule has 0 spiro atoms. The Labute approximate surface area is 210 Å². The number of hydrogen-bond donors (Lipinski definition) is 3. The summed E-state index contributed by atoms with van der Waals surface area (Å²) in [5.41, 5.74) is 6.17. The molecule has 0 radical (unpaired) electrons. The highest BCUT2D eigenvalue weighted by Gasteiger charge is 2.05. The van der Waals surface area contributed by atoms with Crippen LogP contribution in [0.15, 0.2) is 91.0 Å². The SMILES string of the molecule is Cc1ccc(C(C)C)c(O)c1.Cc1ccc(C(C)C)c(O)c1.Oc1ccccc1-c1ccccc1. The van der Waals surface area contributed by atoms with E-state index in [1.54, 1.807) is 18.2 Å². The molecule has 0 aliphatic carbocycles. The highest BCUT2D eigenvalue weighted by atomic mass is 16.3. The van der Waals surface area contributed by atoms with Gasteiger partial charge < -0.3 is 15.3 Å². The number of phenols is 3. The van der Waals surface area contributed by atoms with E-state index in [0.717, 1.165) is 33.4 Å². The molecule has 0 amide bonds. The van der Waals surface area contributed by atoms with Crippen molar-refractivity contribution in [2.45, 2.75) is 53.4 Å². The highest BCUT2D eigenvalue weighted by Crippen LogP contribution is 2.28. The molecule has 4 rings (SSSR count). The molecule has 4 aromatic rings. The maximum Gasteiger partial charge on any atom is 0.123 e. The van der Waals surface area contributed by atoms with Gasteiger partial charge in [0.1, 0.15) is 17.2 Å². The van der Waals surface area contributed by atoms with Gasteiger partial charge in [0.15, 0.2) is 0 Å². The van der Waals surface area contributed by atoms with Crippen molar-refractivity contribution in [2.24, 2.45) is 0 Å². The Morgan fingerprint density at radius 1 is 0.486 bits per heavy atom. The van der Waals surface area contributed by atoms with Crippen LogP contribution in [0.4, 0.5) is 0 Å². The largest absolute Gasteiger partial charge is 0.508 e. The zero-order chi connectivity index (χ0) is 26.0. The Morgan fingerprint density at radius 2 is 0.914 bits per heavy atom. The molecule has 0 fully saturated rings. The standard InChI is InChI=1S/C12H10O.2C10H14O/c13-12-9-5-4-8-11(12)10-6-2-1-3-7-10;2*1-7(2)9-5-4-8(3)6-10(9)11/h1-9,13H;2*4-7,11H,1-3H3. The third-order valence-electron chi connectivity index (χ3n) is 5.60. The Hall–Kier alpha value is -3.72. The van der Waals surface area contributed by atoms with Gasteiger partial charge in [-0.15, -0.1) is 0 Å². The molecule has 3 N–H and O–H groups in total. The average Bonchev–Trinajstić information content (AvgIpc) is 2.80. The highest BCUT2D eigenvalue weighted by molar-refractivity contribution is 5.69. The van der Waals surface area contributed by atoms with Crippen LogP contribution >= 0.6 is 0 Å². The van der Waals surface area contributed by atoms with Crippen molar-refractivity contribution in [1.82, 2.24) is 0 Å². The molecule has 0 bridgehead atoms. The van der Waals surface area contributed by atoms with Crippen LogP contribution in [0.5, 0.6) is 17.2 Å². The molecule has 0 saturated heterocycles. The normalized spacial score (nSPS) is 10.3. The predicted molar refractivity (Wildman–Crippen MR) is 147 cm³/mol. The minimum absolute atomic E-state index is 0.328. The summed E-state index contributed by atoms with van der Waals surface area (Å²) >= 11 is 0. The van der Waals surface area contributed by atoms with Crippen molar-refractivity contribution in [3.8, 4) is 28.4 Å². The lowest BCUT2D eigenvalue weighted by molar-refractivity contribution is 0.464. The lowest BCUT2D eigenvalue weighted by atomic mass is 10.0. The number of para-hydroxylation sites is 1. The molecule has 0 saturated carbocycles. The minimum atomic E-state index is 0.328. The van der Waals surface area contributed by atoms with Crippen molar-refractivity contribution < 1.29 is 15.3 Å². The van der Waals surface area contributed by atoms with Crippen molar-refractivity contribution in [3.63, 3.8) is 0 Å². The fourth-order valence-electron chi connectivity index (χ4n) is 3.62. The second-order valence-electron chi connectivity index (χ2n) is 9.32. The van der Waals surface area contributed by atoms with Gasteiger partial charge in [-0.3, -0.25) is 0 Å². The van der Waals surface area contributed by atoms with E-state index in [4.69, 9.17) is 0 Å². The van der Waals surface area contributed by atoms with Crippen LogP contribution in [0.3, 0.4) is 0 Å². The molecule has 3 nitrogen and oxygen atoms in total. The van der Waals surface area contributed by atoms with Crippen molar-refractivity contribution in [2.75, 3.05) is 0 Å². The first kappa shape index (κ1) is 27.5. The molecule has 35 heavy (non-hydrogen) atoms. The Kier molecular flexibility index (Phi) is 10.4. The monoisotopic (exact) mass is 470 g/mol. The van der Waals surface area contributed by atoms with Crippen molar-refractivity contribution in [3.05, 3.63) is 113 Å². The quantitative estimate of drug-likeness (QED) is 0.280. The zero-order valence-electron chi connectivity index (χ0n) is 21.7. The van der Waals surface area contributed by atoms with Gasteiger partial charge in [-0.05, 0) is 71.7 Å². The molecule has 184 valence electrons. The van der Waals surface area contributed by atoms with Crippen LogP contribution in [-0.2, 0) is 0 Å². The molecule has 0 aromatic heterocycles. The van der Waals surface area contributed by atoms with Gasteiger partial charge >= 0.3 is 0 Å². The summed E-state index contributed by atoms with van der Waals surface area (Å²) in [6.45, 7) is 12.2. The maximum atomic E-state index is 9.56. The summed E-state index contributed by atoms with van der Waals surface area (Å²) in [6.07, 6.45) is 0. The van der Waals surface area contributed by atoms with Gasteiger partial charge in [-0.25, -0.2) is 0 Å². The number of aromatic hydroxyl groups is 3. The molecular weight excluding hydrogens is 432 g/mol. The van der Waals surface area contributed by atoms with E-state index in [1.165, 1.54) is 0 Å². The molecule has 0 unspecified atom stereocenters. The number of rotatable bonds is 3. The predicted octanol–water partition coefficient (Wildman–Crippen LogP) is 8.71. The molecular formula is C32H38O3. The van der Waals surface area contributed by atoms with Gasteiger partial charge in [-0.1, -0.05) is 100 Å². The van der Waals surface area contributed by atoms with Crippen LogP contribution in [-0.4, -0.2) is 15.3 Å². The second kappa shape index (κ2) is 13.2. The van der Waals surface area contributed by atoms with Crippen LogP contribution in [0, 0.1) is 13.8 Å². The van der Waals surface area contributed by atoms with Crippen LogP contribution in [0.2, 0.25) is 0 Å². The van der Waals surface area contributed by atoms with Crippen LogP contribution < -0.4 is 0 Å². The van der Waals surface area contributed by atoms with Gasteiger partial charge in [0, 0.05) is 5.56 Å². The number of phenolic OH excluding ortho intramolecular Hbond substituents is 3. The molecule has 4 aromatic carbocycles. The third kappa shape index (κ3) is 8.53. The molecule has 0 aliphatic heterocycles. The second-order valence-corrected chi connectivity index (χ2v) is 9.32. The lowest BCUT2D eigenvalue weighted by Gasteiger charge is -2.07. The van der Waals surface area contributed by atoms with E-state index < -0.39 is 0 Å². The van der Waals surface area contributed by atoms with Crippen LogP contribution in [0.1, 0.15) is 61.8 Å². The molecule has 0 heterocycles. The zero-order valence-corrected chi connectivity index (χ0v) is 21.7. The topological polar surface area (TPSA) is 60.7 Å². The average molecular weight is 471 g/mol.